The quantitative estimate of drug-likeness (QED) is 0.531. The van der Waals surface area contributed by atoms with Crippen LogP contribution in [0.15, 0.2) is 23.8 Å². The summed E-state index contributed by atoms with van der Waals surface area (Å²) >= 11 is 0. The van der Waals surface area contributed by atoms with Gasteiger partial charge in [0.1, 0.15) is 5.60 Å². The lowest BCUT2D eigenvalue weighted by molar-refractivity contribution is -0.162. The molecule has 5 rings (SSSR count). The molecule has 0 bridgehead atoms. The first-order chi connectivity index (χ1) is 11.9. The van der Waals surface area contributed by atoms with Crippen LogP contribution in [0.1, 0.15) is 65.2 Å². The van der Waals surface area contributed by atoms with Gasteiger partial charge in [-0.15, -0.1) is 0 Å². The Morgan fingerprint density at radius 2 is 1.92 bits per heavy atom. The molecule has 1 N–H and O–H groups in total. The number of esters is 1. The monoisotopic (exact) mass is 342 g/mol. The molecule has 0 aromatic heterocycles. The van der Waals surface area contributed by atoms with E-state index in [-0.39, 0.29) is 28.5 Å². The zero-order chi connectivity index (χ0) is 17.4. The fourth-order valence-electron chi connectivity index (χ4n) is 7.57. The molecule has 3 nitrogen and oxygen atoms in total. The van der Waals surface area contributed by atoms with Crippen LogP contribution >= 0.6 is 0 Å². The molecule has 0 aromatic carbocycles. The van der Waals surface area contributed by atoms with Crippen LogP contribution in [0.4, 0.5) is 0 Å². The predicted molar refractivity (Wildman–Crippen MR) is 95.7 cm³/mol. The molecule has 1 spiro atoms. The number of hydrogen-bond acceptors (Lipinski definition) is 3. The van der Waals surface area contributed by atoms with Crippen LogP contribution in [0, 0.1) is 28.6 Å². The summed E-state index contributed by atoms with van der Waals surface area (Å²) in [5, 5.41) is 10.1. The summed E-state index contributed by atoms with van der Waals surface area (Å²) in [6.45, 7) is 4.85. The van der Waals surface area contributed by atoms with Crippen molar-refractivity contribution in [2.24, 2.45) is 28.6 Å². The van der Waals surface area contributed by atoms with Gasteiger partial charge < -0.3 is 9.84 Å². The average molecular weight is 342 g/mol. The summed E-state index contributed by atoms with van der Waals surface area (Å²) in [4.78, 5) is 11.8. The van der Waals surface area contributed by atoms with Gasteiger partial charge in [-0.3, -0.25) is 0 Å². The fraction of sp³-hybridized carbons (Fsp3) is 0.773. The highest BCUT2D eigenvalue weighted by atomic mass is 16.6. The van der Waals surface area contributed by atoms with Crippen molar-refractivity contribution < 1.29 is 14.6 Å². The van der Waals surface area contributed by atoms with Crippen molar-refractivity contribution in [2.75, 3.05) is 0 Å². The number of hydrogen-bond donors (Lipinski definition) is 1. The van der Waals surface area contributed by atoms with Gasteiger partial charge in [-0.25, -0.2) is 4.79 Å². The highest BCUT2D eigenvalue weighted by molar-refractivity contribution is 5.85. The van der Waals surface area contributed by atoms with Crippen LogP contribution in [0.3, 0.4) is 0 Å². The highest BCUT2D eigenvalue weighted by Gasteiger charge is 2.65. The maximum Gasteiger partial charge on any atom is 0.331 e. The molecular formula is C22H30O3. The van der Waals surface area contributed by atoms with Gasteiger partial charge in [0.2, 0.25) is 0 Å². The molecule has 0 unspecified atom stereocenters. The zero-order valence-electron chi connectivity index (χ0n) is 15.5. The van der Waals surface area contributed by atoms with Crippen molar-refractivity contribution in [1.82, 2.24) is 0 Å². The number of aliphatic hydroxyl groups is 1. The summed E-state index contributed by atoms with van der Waals surface area (Å²) in [6.07, 6.45) is 14.7. The van der Waals surface area contributed by atoms with Gasteiger partial charge in [-0.05, 0) is 80.6 Å². The van der Waals surface area contributed by atoms with Crippen LogP contribution in [-0.2, 0) is 9.53 Å². The third-order valence-corrected chi connectivity index (χ3v) is 9.03. The first kappa shape index (κ1) is 16.1. The molecule has 1 aliphatic heterocycles. The highest BCUT2D eigenvalue weighted by Crippen LogP contribution is 2.68. The molecule has 0 aromatic rings. The van der Waals surface area contributed by atoms with Gasteiger partial charge >= 0.3 is 5.97 Å². The second kappa shape index (κ2) is 5.00. The molecular weight excluding hydrogens is 312 g/mol. The van der Waals surface area contributed by atoms with Crippen LogP contribution in [0.25, 0.3) is 0 Å². The SMILES string of the molecule is C[C@]12CC[C@@H](O)CC1=CC[C@H]1[C@H]2CC[C@@]2(C)[C@H]1CC[C@]21C=CC(=O)O1. The van der Waals surface area contributed by atoms with E-state index < -0.39 is 0 Å². The van der Waals surface area contributed by atoms with E-state index in [1.54, 1.807) is 6.08 Å². The first-order valence-corrected chi connectivity index (χ1v) is 10.2. The number of allylic oxidation sites excluding steroid dienone is 1. The van der Waals surface area contributed by atoms with Gasteiger partial charge in [-0.1, -0.05) is 25.5 Å². The second-order valence-corrected chi connectivity index (χ2v) is 9.79. The zero-order valence-corrected chi connectivity index (χ0v) is 15.5. The van der Waals surface area contributed by atoms with E-state index in [2.05, 4.69) is 26.0 Å². The lowest BCUT2D eigenvalue weighted by Crippen LogP contribution is -2.54. The molecule has 25 heavy (non-hydrogen) atoms. The van der Waals surface area contributed by atoms with E-state index in [9.17, 15) is 9.90 Å². The minimum absolute atomic E-state index is 0.0900. The number of carbonyl (C=O) groups is 1. The van der Waals surface area contributed by atoms with Crippen molar-refractivity contribution in [3.8, 4) is 0 Å². The van der Waals surface area contributed by atoms with Gasteiger partial charge in [0.05, 0.1) is 6.10 Å². The minimum atomic E-state index is -0.340. The summed E-state index contributed by atoms with van der Waals surface area (Å²) in [7, 11) is 0. The van der Waals surface area contributed by atoms with Crippen LogP contribution in [0.2, 0.25) is 0 Å². The number of aliphatic hydroxyl groups excluding tert-OH is 1. The van der Waals surface area contributed by atoms with Crippen molar-refractivity contribution in [1.29, 1.82) is 0 Å². The summed E-state index contributed by atoms with van der Waals surface area (Å²) in [5.41, 5.74) is 1.55. The molecule has 136 valence electrons. The summed E-state index contributed by atoms with van der Waals surface area (Å²) in [5.74, 6) is 1.93. The lowest BCUT2D eigenvalue weighted by atomic mass is 9.47. The van der Waals surface area contributed by atoms with Crippen LogP contribution in [0.5, 0.6) is 0 Å². The Kier molecular flexibility index (Phi) is 3.22. The molecule has 3 saturated carbocycles. The third kappa shape index (κ3) is 1.94. The molecule has 0 saturated heterocycles. The molecule has 1 heterocycles. The average Bonchev–Trinajstić information content (AvgIpc) is 3.10. The number of ether oxygens (including phenoxy) is 1. The van der Waals surface area contributed by atoms with Gasteiger partial charge in [-0.2, -0.15) is 0 Å². The van der Waals surface area contributed by atoms with E-state index in [0.717, 1.165) is 44.4 Å². The molecule has 3 fully saturated rings. The van der Waals surface area contributed by atoms with Gasteiger partial charge in [0.15, 0.2) is 0 Å². The Morgan fingerprint density at radius 3 is 2.68 bits per heavy atom. The number of rotatable bonds is 0. The Morgan fingerprint density at radius 1 is 1.12 bits per heavy atom. The molecule has 3 heteroatoms. The lowest BCUT2D eigenvalue weighted by Gasteiger charge is -2.58. The summed E-state index contributed by atoms with van der Waals surface area (Å²) in [6, 6.07) is 0. The Bertz CT molecular complexity index is 679. The van der Waals surface area contributed by atoms with E-state index in [4.69, 9.17) is 4.74 Å². The predicted octanol–water partition coefficient (Wildman–Crippen LogP) is 4.16. The van der Waals surface area contributed by atoms with E-state index in [1.165, 1.54) is 18.4 Å². The normalized spacial score (nSPS) is 53.9. The van der Waals surface area contributed by atoms with Crippen molar-refractivity contribution in [2.45, 2.75) is 76.9 Å². The Balaban J connectivity index is 1.50. The standard InChI is InChI=1S/C22H30O3/c1-20-9-5-15(23)13-14(20)3-4-16-17(20)6-10-21(2)18(16)7-11-22(21)12-8-19(24)25-22/h3,8,12,15-18,23H,4-7,9-11,13H2,1-2H3/t15-,16+,17-,18+,20+,21+,22+/m1/s1. The van der Waals surface area contributed by atoms with Gasteiger partial charge in [0.25, 0.3) is 0 Å². The van der Waals surface area contributed by atoms with Crippen molar-refractivity contribution in [3.05, 3.63) is 23.8 Å². The summed E-state index contributed by atoms with van der Waals surface area (Å²) < 4.78 is 5.91. The van der Waals surface area contributed by atoms with E-state index in [1.807, 2.05) is 0 Å². The molecule has 0 radical (unpaired) electrons. The number of carbonyl (C=O) groups excluding carboxylic acids is 1. The third-order valence-electron chi connectivity index (χ3n) is 9.03. The van der Waals surface area contributed by atoms with Gasteiger partial charge in [0, 0.05) is 11.5 Å². The van der Waals surface area contributed by atoms with Crippen LogP contribution < -0.4 is 0 Å². The van der Waals surface area contributed by atoms with Crippen LogP contribution in [-0.4, -0.2) is 22.8 Å². The molecule has 0 amide bonds. The van der Waals surface area contributed by atoms with Crippen molar-refractivity contribution in [3.63, 3.8) is 0 Å². The van der Waals surface area contributed by atoms with E-state index >= 15 is 0 Å². The maximum atomic E-state index is 11.8. The smallest absolute Gasteiger partial charge is 0.331 e. The topological polar surface area (TPSA) is 46.5 Å². The molecule has 7 atom stereocenters. The van der Waals surface area contributed by atoms with E-state index in [0.29, 0.717) is 11.8 Å². The molecule has 4 aliphatic carbocycles. The largest absolute Gasteiger partial charge is 0.451 e. The molecule has 5 aliphatic rings. The Labute approximate surface area is 150 Å². The second-order valence-electron chi connectivity index (χ2n) is 9.79. The van der Waals surface area contributed by atoms with Crippen molar-refractivity contribution >= 4 is 5.97 Å². The first-order valence-electron chi connectivity index (χ1n) is 10.2. The Hall–Kier alpha value is -1.09. The minimum Gasteiger partial charge on any atom is -0.451 e. The fourth-order valence-corrected chi connectivity index (χ4v) is 7.57. The number of fused-ring (bicyclic) bond motifs is 6. The maximum absolute atomic E-state index is 11.8.